The zero-order valence-electron chi connectivity index (χ0n) is 19.5. The molecule has 0 saturated carbocycles. The summed E-state index contributed by atoms with van der Waals surface area (Å²) in [4.78, 5) is 16.3. The number of nitrogens with one attached hydrogen (secondary N) is 1. The lowest BCUT2D eigenvalue weighted by Crippen LogP contribution is -2.19. The second-order valence-corrected chi connectivity index (χ2v) is 7.64. The average molecular weight is 463 g/mol. The molecule has 0 spiro atoms. The zero-order chi connectivity index (χ0) is 24.2. The molecule has 0 heterocycles. The largest absolute Gasteiger partial charge is 0.389 e. The van der Waals surface area contributed by atoms with Crippen molar-refractivity contribution in [3.8, 4) is 11.8 Å². The molecular formula is C25H35ClN2O2S. The SMILES string of the molecule is C=C(Cl)/C=C\C/C(C)=C\C.C=CC(O)C/C=C(\C)C#CC=N/C(C)=C(\SC)C(=O)NC. The summed E-state index contributed by atoms with van der Waals surface area (Å²) in [5.41, 5.74) is 2.81. The Morgan fingerprint density at radius 1 is 1.35 bits per heavy atom. The zero-order valence-corrected chi connectivity index (χ0v) is 21.0. The van der Waals surface area contributed by atoms with Gasteiger partial charge >= 0.3 is 0 Å². The Morgan fingerprint density at radius 2 is 2.00 bits per heavy atom. The van der Waals surface area contributed by atoms with E-state index in [2.05, 4.69) is 48.3 Å². The van der Waals surface area contributed by atoms with Gasteiger partial charge < -0.3 is 10.4 Å². The van der Waals surface area contributed by atoms with Gasteiger partial charge in [0.2, 0.25) is 0 Å². The minimum absolute atomic E-state index is 0.153. The normalized spacial score (nSPS) is 13.5. The van der Waals surface area contributed by atoms with Gasteiger partial charge in [-0.25, -0.2) is 0 Å². The predicted molar refractivity (Wildman–Crippen MR) is 139 cm³/mol. The van der Waals surface area contributed by atoms with Crippen LogP contribution in [0.5, 0.6) is 0 Å². The van der Waals surface area contributed by atoms with Crippen LogP contribution in [0.4, 0.5) is 0 Å². The summed E-state index contributed by atoms with van der Waals surface area (Å²) in [7, 11) is 1.58. The van der Waals surface area contributed by atoms with Crippen LogP contribution in [0.3, 0.4) is 0 Å². The fourth-order valence-electron chi connectivity index (χ4n) is 1.79. The number of nitrogens with zero attached hydrogens (tertiary/aromatic N) is 1. The van der Waals surface area contributed by atoms with Crippen LogP contribution < -0.4 is 5.32 Å². The molecule has 1 atom stereocenters. The molecule has 0 aliphatic heterocycles. The third-order valence-corrected chi connectivity index (χ3v) is 4.74. The number of hydrogen-bond acceptors (Lipinski definition) is 4. The highest BCUT2D eigenvalue weighted by Crippen LogP contribution is 2.17. The summed E-state index contributed by atoms with van der Waals surface area (Å²) in [6, 6.07) is 0. The Labute approximate surface area is 197 Å². The van der Waals surface area contributed by atoms with Crippen LogP contribution in [0.2, 0.25) is 0 Å². The van der Waals surface area contributed by atoms with E-state index in [1.807, 2.05) is 38.3 Å². The Kier molecular flexibility index (Phi) is 19.6. The number of carbonyl (C=O) groups excluding carboxylic acids is 1. The second kappa shape index (κ2) is 19.7. The fourth-order valence-corrected chi connectivity index (χ4v) is 2.51. The van der Waals surface area contributed by atoms with Crippen molar-refractivity contribution in [2.75, 3.05) is 13.3 Å². The fraction of sp³-hybridized carbons (Fsp3) is 0.360. The third-order valence-electron chi connectivity index (χ3n) is 3.73. The van der Waals surface area contributed by atoms with Gasteiger partial charge in [-0.05, 0) is 64.4 Å². The Bertz CT molecular complexity index is 809. The summed E-state index contributed by atoms with van der Waals surface area (Å²) < 4.78 is 0. The van der Waals surface area contributed by atoms with E-state index >= 15 is 0 Å². The quantitative estimate of drug-likeness (QED) is 0.146. The molecule has 0 aromatic rings. The number of amides is 1. The molecule has 0 aromatic heterocycles. The molecule has 0 fully saturated rings. The van der Waals surface area contributed by atoms with Gasteiger partial charge in [-0.2, -0.15) is 0 Å². The minimum Gasteiger partial charge on any atom is -0.389 e. The molecule has 170 valence electrons. The van der Waals surface area contributed by atoms with Crippen molar-refractivity contribution in [3.05, 3.63) is 70.3 Å². The van der Waals surface area contributed by atoms with Crippen molar-refractivity contribution in [2.45, 2.75) is 46.6 Å². The Morgan fingerprint density at radius 3 is 2.48 bits per heavy atom. The highest BCUT2D eigenvalue weighted by Gasteiger charge is 2.08. The summed E-state index contributed by atoms with van der Waals surface area (Å²) in [5.74, 6) is 5.55. The topological polar surface area (TPSA) is 61.7 Å². The first-order valence-corrected chi connectivity index (χ1v) is 11.3. The van der Waals surface area contributed by atoms with E-state index in [1.165, 1.54) is 29.6 Å². The number of aliphatic hydroxyl groups excluding tert-OH is 1. The summed E-state index contributed by atoms with van der Waals surface area (Å²) in [6.07, 6.45) is 13.4. The van der Waals surface area contributed by atoms with E-state index in [1.54, 1.807) is 14.0 Å². The van der Waals surface area contributed by atoms with Gasteiger partial charge in [-0.15, -0.1) is 18.3 Å². The predicted octanol–water partition coefficient (Wildman–Crippen LogP) is 5.94. The molecular weight excluding hydrogens is 428 g/mol. The van der Waals surface area contributed by atoms with Gasteiger partial charge in [-0.1, -0.05) is 54.0 Å². The Balaban J connectivity index is 0. The summed E-state index contributed by atoms with van der Waals surface area (Å²) in [6.45, 7) is 14.8. The molecule has 1 unspecified atom stereocenters. The molecule has 4 nitrogen and oxygen atoms in total. The number of aliphatic hydroxyl groups is 1. The lowest BCUT2D eigenvalue weighted by molar-refractivity contribution is -0.116. The van der Waals surface area contributed by atoms with Crippen LogP contribution in [0.25, 0.3) is 0 Å². The second-order valence-electron chi connectivity index (χ2n) is 6.34. The van der Waals surface area contributed by atoms with Gasteiger partial charge in [0.05, 0.1) is 22.9 Å². The highest BCUT2D eigenvalue weighted by molar-refractivity contribution is 8.03. The molecule has 0 aromatic carbocycles. The first-order chi connectivity index (χ1) is 14.6. The van der Waals surface area contributed by atoms with Crippen molar-refractivity contribution in [3.63, 3.8) is 0 Å². The number of halogens is 1. The maximum Gasteiger partial charge on any atom is 0.259 e. The van der Waals surface area contributed by atoms with Crippen molar-refractivity contribution in [2.24, 2.45) is 4.99 Å². The van der Waals surface area contributed by atoms with E-state index in [0.717, 1.165) is 12.0 Å². The maximum absolute atomic E-state index is 11.6. The number of carbonyl (C=O) groups is 1. The number of thioether (sulfide) groups is 1. The molecule has 31 heavy (non-hydrogen) atoms. The van der Waals surface area contributed by atoms with Gasteiger partial charge in [0.25, 0.3) is 5.91 Å². The van der Waals surface area contributed by atoms with Crippen LogP contribution in [-0.2, 0) is 4.79 Å². The van der Waals surface area contributed by atoms with Gasteiger partial charge in [0, 0.05) is 12.1 Å². The number of rotatable bonds is 9. The molecule has 6 heteroatoms. The molecule has 0 aliphatic rings. The Hall–Kier alpha value is -2.26. The standard InChI is InChI=1S/C16H22N2O2S.C9H13Cl/c1-6-14(19)10-9-12(2)8-7-11-18-13(3)15(21-5)16(20)17-4;1-4-8(2)6-5-7-9(3)10/h6,9,11,14,19H,1,10H2,2-5H3,(H,17,20);4-5,7H,3,6H2,1-2H3/b12-9+,15-13-,18-11?;7-5-,8-4-. The average Bonchev–Trinajstić information content (AvgIpc) is 2.75. The van der Waals surface area contributed by atoms with Crippen molar-refractivity contribution in [1.29, 1.82) is 0 Å². The maximum atomic E-state index is 11.6. The van der Waals surface area contributed by atoms with Crippen molar-refractivity contribution < 1.29 is 9.90 Å². The van der Waals surface area contributed by atoms with Crippen LogP contribution >= 0.6 is 23.4 Å². The summed E-state index contributed by atoms with van der Waals surface area (Å²) >= 11 is 6.85. The van der Waals surface area contributed by atoms with Crippen LogP contribution in [-0.4, -0.2) is 36.6 Å². The third kappa shape index (κ3) is 18.2. The number of likely N-dealkylation sites (N-methyl/N-ethyl adjacent to an activating group) is 1. The molecule has 0 saturated heterocycles. The first kappa shape index (κ1) is 30.9. The van der Waals surface area contributed by atoms with E-state index in [4.69, 9.17) is 11.6 Å². The number of aliphatic imine (C=N–C) groups is 1. The van der Waals surface area contributed by atoms with Gasteiger partial charge in [-0.3, -0.25) is 9.79 Å². The number of allylic oxidation sites excluding steroid dienone is 7. The van der Waals surface area contributed by atoms with Crippen molar-refractivity contribution >= 4 is 35.5 Å². The lowest BCUT2D eigenvalue weighted by Gasteiger charge is -2.03. The minimum atomic E-state index is -0.544. The molecule has 2 N–H and O–H groups in total. The van der Waals surface area contributed by atoms with Gasteiger partial charge in [0.15, 0.2) is 0 Å². The van der Waals surface area contributed by atoms with Crippen LogP contribution in [0.1, 0.15) is 40.5 Å². The molecule has 0 radical (unpaired) electrons. The molecule has 0 bridgehead atoms. The highest BCUT2D eigenvalue weighted by atomic mass is 35.5. The molecule has 0 rings (SSSR count). The lowest BCUT2D eigenvalue weighted by atomic mass is 10.2. The van der Waals surface area contributed by atoms with E-state index in [9.17, 15) is 9.90 Å². The molecule has 1 amide bonds. The van der Waals surface area contributed by atoms with E-state index in [0.29, 0.717) is 22.1 Å². The van der Waals surface area contributed by atoms with Gasteiger partial charge in [0.1, 0.15) is 0 Å². The smallest absolute Gasteiger partial charge is 0.259 e. The van der Waals surface area contributed by atoms with Crippen LogP contribution in [0, 0.1) is 11.8 Å². The van der Waals surface area contributed by atoms with Crippen molar-refractivity contribution in [1.82, 2.24) is 5.32 Å². The van der Waals surface area contributed by atoms with E-state index < -0.39 is 6.10 Å². The number of hydrogen-bond donors (Lipinski definition) is 2. The van der Waals surface area contributed by atoms with Crippen LogP contribution in [0.15, 0.2) is 75.3 Å². The monoisotopic (exact) mass is 462 g/mol. The molecule has 0 aliphatic carbocycles. The first-order valence-electron chi connectivity index (χ1n) is 9.73. The summed E-state index contributed by atoms with van der Waals surface area (Å²) in [5, 5.41) is 12.5. The van der Waals surface area contributed by atoms with E-state index in [-0.39, 0.29) is 5.91 Å².